The van der Waals surface area contributed by atoms with Gasteiger partial charge in [0.15, 0.2) is 0 Å². The van der Waals surface area contributed by atoms with Gasteiger partial charge in [-0.1, -0.05) is 38.3 Å². The topological polar surface area (TPSA) is 32.3 Å². The van der Waals surface area contributed by atoms with Crippen LogP contribution in [0.4, 0.5) is 0 Å². The van der Waals surface area contributed by atoms with Crippen molar-refractivity contribution in [3.8, 4) is 5.75 Å². The van der Waals surface area contributed by atoms with E-state index >= 15 is 0 Å². The van der Waals surface area contributed by atoms with E-state index in [1.54, 1.807) is 12.1 Å². The van der Waals surface area contributed by atoms with E-state index in [1.165, 1.54) is 37.7 Å². The number of nitrogens with one attached hydrogen (secondary N) is 1. The van der Waals surface area contributed by atoms with Gasteiger partial charge >= 0.3 is 0 Å². The minimum Gasteiger partial charge on any atom is -0.508 e. The Kier molecular flexibility index (Phi) is 5.26. The van der Waals surface area contributed by atoms with Crippen molar-refractivity contribution in [2.45, 2.75) is 64.5 Å². The Labute approximate surface area is 117 Å². The van der Waals surface area contributed by atoms with Gasteiger partial charge in [0.1, 0.15) is 5.75 Å². The summed E-state index contributed by atoms with van der Waals surface area (Å²) in [7, 11) is 0. The van der Waals surface area contributed by atoms with Crippen LogP contribution in [0.15, 0.2) is 24.3 Å². The molecular weight excluding hydrogens is 234 g/mol. The SMILES string of the molecule is CCC(NC(C)C1CCCCC1)c1ccc(O)cc1. The number of phenolic OH excluding ortho intramolecular Hbond substituents is 1. The average molecular weight is 261 g/mol. The molecule has 0 saturated heterocycles. The predicted octanol–water partition coefficient (Wildman–Crippen LogP) is 4.40. The molecule has 1 aliphatic carbocycles. The molecule has 2 nitrogen and oxygen atoms in total. The molecule has 106 valence electrons. The molecule has 0 aromatic heterocycles. The van der Waals surface area contributed by atoms with Gasteiger partial charge in [-0.05, 0) is 49.8 Å². The van der Waals surface area contributed by atoms with E-state index in [0.717, 1.165) is 12.3 Å². The Bertz CT molecular complexity index is 367. The van der Waals surface area contributed by atoms with E-state index in [2.05, 4.69) is 19.2 Å². The first kappa shape index (κ1) is 14.4. The minimum absolute atomic E-state index is 0.346. The van der Waals surface area contributed by atoms with Gasteiger partial charge in [0, 0.05) is 12.1 Å². The lowest BCUT2D eigenvalue weighted by Gasteiger charge is -2.31. The lowest BCUT2D eigenvalue weighted by molar-refractivity contribution is 0.262. The Morgan fingerprint density at radius 3 is 2.37 bits per heavy atom. The highest BCUT2D eigenvalue weighted by Crippen LogP contribution is 2.28. The Morgan fingerprint density at radius 2 is 1.79 bits per heavy atom. The van der Waals surface area contributed by atoms with Crippen LogP contribution in [0.5, 0.6) is 5.75 Å². The highest BCUT2D eigenvalue weighted by atomic mass is 16.3. The summed E-state index contributed by atoms with van der Waals surface area (Å²) in [4.78, 5) is 0. The summed E-state index contributed by atoms with van der Waals surface area (Å²) in [6, 6.07) is 8.61. The Morgan fingerprint density at radius 1 is 1.16 bits per heavy atom. The number of aromatic hydroxyl groups is 1. The molecular formula is C17H27NO. The fourth-order valence-electron chi connectivity index (χ4n) is 3.24. The second-order valence-electron chi connectivity index (χ2n) is 5.91. The zero-order valence-corrected chi connectivity index (χ0v) is 12.2. The van der Waals surface area contributed by atoms with E-state index in [9.17, 15) is 5.11 Å². The lowest BCUT2D eigenvalue weighted by atomic mass is 9.84. The third-order valence-electron chi connectivity index (χ3n) is 4.52. The van der Waals surface area contributed by atoms with Crippen molar-refractivity contribution >= 4 is 0 Å². The zero-order chi connectivity index (χ0) is 13.7. The van der Waals surface area contributed by atoms with Gasteiger partial charge in [-0.3, -0.25) is 0 Å². The molecule has 0 heterocycles. The second-order valence-corrected chi connectivity index (χ2v) is 5.91. The Balaban J connectivity index is 1.96. The van der Waals surface area contributed by atoms with Crippen molar-refractivity contribution in [1.29, 1.82) is 0 Å². The van der Waals surface area contributed by atoms with Gasteiger partial charge in [0.05, 0.1) is 0 Å². The summed E-state index contributed by atoms with van der Waals surface area (Å²) in [5.74, 6) is 1.18. The average Bonchev–Trinajstić information content (AvgIpc) is 2.46. The molecule has 1 aromatic carbocycles. The molecule has 2 N–H and O–H groups in total. The normalized spacial score (nSPS) is 20.1. The molecule has 0 radical (unpaired) electrons. The van der Waals surface area contributed by atoms with Gasteiger partial charge in [-0.2, -0.15) is 0 Å². The Hall–Kier alpha value is -1.02. The summed E-state index contributed by atoms with van der Waals surface area (Å²) in [6.45, 7) is 4.55. The molecule has 2 heteroatoms. The molecule has 0 bridgehead atoms. The number of benzene rings is 1. The zero-order valence-electron chi connectivity index (χ0n) is 12.2. The fraction of sp³-hybridized carbons (Fsp3) is 0.647. The quantitative estimate of drug-likeness (QED) is 0.823. The molecule has 0 spiro atoms. The third-order valence-corrected chi connectivity index (χ3v) is 4.52. The highest BCUT2D eigenvalue weighted by Gasteiger charge is 2.22. The highest BCUT2D eigenvalue weighted by molar-refractivity contribution is 5.28. The second kappa shape index (κ2) is 6.95. The summed E-state index contributed by atoms with van der Waals surface area (Å²) in [5.41, 5.74) is 1.28. The van der Waals surface area contributed by atoms with Gasteiger partial charge in [0.2, 0.25) is 0 Å². The van der Waals surface area contributed by atoms with Crippen molar-refractivity contribution in [3.63, 3.8) is 0 Å². The first-order chi connectivity index (χ1) is 9.20. The molecule has 1 saturated carbocycles. The summed E-state index contributed by atoms with van der Waals surface area (Å²) < 4.78 is 0. The van der Waals surface area contributed by atoms with Crippen LogP contribution in [-0.2, 0) is 0 Å². The van der Waals surface area contributed by atoms with Gasteiger partial charge in [-0.25, -0.2) is 0 Å². The smallest absolute Gasteiger partial charge is 0.115 e. The van der Waals surface area contributed by atoms with Crippen molar-refractivity contribution in [3.05, 3.63) is 29.8 Å². The van der Waals surface area contributed by atoms with Crippen LogP contribution >= 0.6 is 0 Å². The summed E-state index contributed by atoms with van der Waals surface area (Å²) in [6.07, 6.45) is 8.04. The minimum atomic E-state index is 0.346. The summed E-state index contributed by atoms with van der Waals surface area (Å²) in [5, 5.41) is 13.2. The van der Waals surface area contributed by atoms with Crippen LogP contribution in [0.3, 0.4) is 0 Å². The van der Waals surface area contributed by atoms with Crippen LogP contribution in [0.25, 0.3) is 0 Å². The monoisotopic (exact) mass is 261 g/mol. The van der Waals surface area contributed by atoms with Crippen LogP contribution in [0, 0.1) is 5.92 Å². The lowest BCUT2D eigenvalue weighted by Crippen LogP contribution is -2.37. The standard InChI is InChI=1S/C17H27NO/c1-3-17(15-9-11-16(19)12-10-15)18-13(2)14-7-5-4-6-8-14/h9-14,17-19H,3-8H2,1-2H3. The molecule has 1 fully saturated rings. The largest absolute Gasteiger partial charge is 0.508 e. The molecule has 2 rings (SSSR count). The van der Waals surface area contributed by atoms with Crippen molar-refractivity contribution in [2.75, 3.05) is 0 Å². The predicted molar refractivity (Wildman–Crippen MR) is 80.3 cm³/mol. The molecule has 2 unspecified atom stereocenters. The third kappa shape index (κ3) is 3.97. The molecule has 1 aromatic rings. The molecule has 0 amide bonds. The molecule has 0 aliphatic heterocycles. The number of rotatable bonds is 5. The van der Waals surface area contributed by atoms with E-state index < -0.39 is 0 Å². The first-order valence-corrected chi connectivity index (χ1v) is 7.75. The van der Waals surface area contributed by atoms with E-state index in [1.807, 2.05) is 12.1 Å². The van der Waals surface area contributed by atoms with Crippen molar-refractivity contribution < 1.29 is 5.11 Å². The van der Waals surface area contributed by atoms with Gasteiger partial charge in [0.25, 0.3) is 0 Å². The van der Waals surface area contributed by atoms with E-state index in [0.29, 0.717) is 17.8 Å². The maximum atomic E-state index is 9.38. The van der Waals surface area contributed by atoms with Crippen LogP contribution in [0.1, 0.15) is 64.0 Å². The van der Waals surface area contributed by atoms with Crippen molar-refractivity contribution in [1.82, 2.24) is 5.32 Å². The van der Waals surface area contributed by atoms with Crippen LogP contribution in [-0.4, -0.2) is 11.1 Å². The van der Waals surface area contributed by atoms with Gasteiger partial charge in [-0.15, -0.1) is 0 Å². The molecule has 1 aliphatic rings. The van der Waals surface area contributed by atoms with Gasteiger partial charge < -0.3 is 10.4 Å². The summed E-state index contributed by atoms with van der Waals surface area (Å²) >= 11 is 0. The number of hydrogen-bond acceptors (Lipinski definition) is 2. The molecule has 2 atom stereocenters. The van der Waals surface area contributed by atoms with E-state index in [4.69, 9.17) is 0 Å². The number of hydrogen-bond donors (Lipinski definition) is 2. The maximum Gasteiger partial charge on any atom is 0.115 e. The number of phenols is 1. The molecule has 19 heavy (non-hydrogen) atoms. The maximum absolute atomic E-state index is 9.38. The fourth-order valence-corrected chi connectivity index (χ4v) is 3.24. The van der Waals surface area contributed by atoms with E-state index in [-0.39, 0.29) is 0 Å². The van der Waals surface area contributed by atoms with Crippen molar-refractivity contribution in [2.24, 2.45) is 5.92 Å². The first-order valence-electron chi connectivity index (χ1n) is 7.75. The van der Waals surface area contributed by atoms with Crippen LogP contribution < -0.4 is 5.32 Å². The van der Waals surface area contributed by atoms with Crippen LogP contribution in [0.2, 0.25) is 0 Å².